The summed E-state index contributed by atoms with van der Waals surface area (Å²) in [5.74, 6) is 0. The summed E-state index contributed by atoms with van der Waals surface area (Å²) in [4.78, 5) is 4.73. The van der Waals surface area contributed by atoms with Gasteiger partial charge in [-0.1, -0.05) is 120 Å². The molecule has 2 nitrogen and oxygen atoms in total. The highest BCUT2D eigenvalue weighted by Gasteiger charge is 2.42. The molecule has 7 aromatic rings. The smallest absolute Gasteiger partial charge is 0.0465 e. The topological polar surface area (TPSA) is 6.48 Å². The molecule has 0 saturated carbocycles. The standard InChI is InChI=1S/C48H40N2.CH4.H2/c1-47(2)43-29-37(49(33-17-9-5-10-18-33)34-19-11-6-12-20-34)25-27-39(43)41-32-46-42(31-45(41)47)40-28-26-38(30-44(40)48(46,3)4)50(35-21-13-7-14-22-35)36-23-15-8-16-24-36;;/h5-32H,1-4H3;1H4;1H. The highest BCUT2D eigenvalue weighted by atomic mass is 15.1. The SMILES string of the molecule is C.CC1(C)c2cc(N(c3ccccc3)c3ccccc3)ccc2-c2cc3c(cc21)-c1ccc(N(c2ccccc2)c2ccccc2)cc1C3(C)C.[HH]. The van der Waals surface area contributed by atoms with E-state index in [1.54, 1.807) is 0 Å². The van der Waals surface area contributed by atoms with Crippen molar-refractivity contribution in [3.8, 4) is 22.3 Å². The Labute approximate surface area is 304 Å². The predicted octanol–water partition coefficient (Wildman–Crippen LogP) is 14.1. The van der Waals surface area contributed by atoms with Crippen LogP contribution in [0.5, 0.6) is 0 Å². The number of hydrogen-bond donors (Lipinski definition) is 0. The Morgan fingerprint density at radius 2 is 0.588 bits per heavy atom. The van der Waals surface area contributed by atoms with Gasteiger partial charge in [0.25, 0.3) is 0 Å². The van der Waals surface area contributed by atoms with E-state index in [4.69, 9.17) is 0 Å². The van der Waals surface area contributed by atoms with Crippen molar-refractivity contribution in [1.29, 1.82) is 0 Å². The quantitative estimate of drug-likeness (QED) is 0.175. The summed E-state index contributed by atoms with van der Waals surface area (Å²) in [7, 11) is 0. The van der Waals surface area contributed by atoms with E-state index in [1.807, 2.05) is 0 Å². The highest BCUT2D eigenvalue weighted by Crippen LogP contribution is 2.57. The van der Waals surface area contributed by atoms with Crippen molar-refractivity contribution in [3.05, 3.63) is 192 Å². The molecular formula is C49H46N2. The van der Waals surface area contributed by atoms with Crippen LogP contribution in [0.1, 0.15) is 58.8 Å². The van der Waals surface area contributed by atoms with Crippen molar-refractivity contribution < 1.29 is 1.43 Å². The lowest BCUT2D eigenvalue weighted by molar-refractivity contribution is 0.652. The van der Waals surface area contributed by atoms with Crippen molar-refractivity contribution in [2.75, 3.05) is 9.80 Å². The van der Waals surface area contributed by atoms with Gasteiger partial charge in [0, 0.05) is 46.4 Å². The van der Waals surface area contributed by atoms with Gasteiger partial charge in [-0.05, 0) is 129 Å². The molecule has 252 valence electrons. The molecule has 0 radical (unpaired) electrons. The van der Waals surface area contributed by atoms with Gasteiger partial charge in [0.05, 0.1) is 0 Å². The van der Waals surface area contributed by atoms with Crippen molar-refractivity contribution >= 4 is 34.1 Å². The third-order valence-electron chi connectivity index (χ3n) is 11.0. The van der Waals surface area contributed by atoms with E-state index in [2.05, 4.69) is 207 Å². The number of anilines is 6. The lowest BCUT2D eigenvalue weighted by Crippen LogP contribution is -2.18. The lowest BCUT2D eigenvalue weighted by Gasteiger charge is -2.28. The fraction of sp³-hybridized carbons (Fsp3) is 0.143. The molecule has 2 heteroatoms. The van der Waals surface area contributed by atoms with Gasteiger partial charge in [-0.2, -0.15) is 0 Å². The summed E-state index contributed by atoms with van der Waals surface area (Å²) in [5.41, 5.74) is 17.6. The number of rotatable bonds is 6. The Hall–Kier alpha value is -5.86. The molecule has 0 aliphatic heterocycles. The molecule has 0 unspecified atom stereocenters. The van der Waals surface area contributed by atoms with Gasteiger partial charge < -0.3 is 9.80 Å². The van der Waals surface area contributed by atoms with Gasteiger partial charge in [0.1, 0.15) is 0 Å². The fourth-order valence-corrected chi connectivity index (χ4v) is 8.42. The van der Waals surface area contributed by atoms with E-state index in [9.17, 15) is 0 Å². The van der Waals surface area contributed by atoms with Crippen LogP contribution in [0.2, 0.25) is 0 Å². The molecule has 0 amide bonds. The van der Waals surface area contributed by atoms with Crippen molar-refractivity contribution in [1.82, 2.24) is 0 Å². The molecule has 0 fully saturated rings. The van der Waals surface area contributed by atoms with Crippen molar-refractivity contribution in [2.45, 2.75) is 46.0 Å². The molecule has 9 rings (SSSR count). The van der Waals surface area contributed by atoms with E-state index < -0.39 is 0 Å². The first-order chi connectivity index (χ1) is 24.3. The number of hydrogen-bond acceptors (Lipinski definition) is 2. The molecule has 0 heterocycles. The average Bonchev–Trinajstić information content (AvgIpc) is 3.51. The second-order valence-corrected chi connectivity index (χ2v) is 14.7. The molecule has 2 aliphatic carbocycles. The molecule has 2 aliphatic rings. The summed E-state index contributed by atoms with van der Waals surface area (Å²) in [6, 6.07) is 61.9. The zero-order valence-electron chi connectivity index (χ0n) is 29.1. The maximum atomic E-state index is 2.51. The molecule has 0 N–H and O–H groups in total. The molecule has 0 saturated heterocycles. The number of fused-ring (bicyclic) bond motifs is 6. The Morgan fingerprint density at radius 1 is 0.314 bits per heavy atom. The molecular weight excluding hydrogens is 617 g/mol. The number of nitrogens with zero attached hydrogens (tertiary/aromatic N) is 2. The van der Waals surface area contributed by atoms with E-state index in [0.717, 1.165) is 22.7 Å². The maximum Gasteiger partial charge on any atom is 0.0465 e. The summed E-state index contributed by atoms with van der Waals surface area (Å²) >= 11 is 0. The summed E-state index contributed by atoms with van der Waals surface area (Å²) in [6.07, 6.45) is 0. The lowest BCUT2D eigenvalue weighted by atomic mass is 9.79. The zero-order valence-corrected chi connectivity index (χ0v) is 29.1. The molecule has 51 heavy (non-hydrogen) atoms. The van der Waals surface area contributed by atoms with Crippen LogP contribution in [-0.2, 0) is 10.8 Å². The first kappa shape index (κ1) is 32.4. The minimum absolute atomic E-state index is 0. The van der Waals surface area contributed by atoms with Crippen LogP contribution in [0.4, 0.5) is 34.1 Å². The summed E-state index contributed by atoms with van der Waals surface area (Å²) in [5, 5.41) is 0. The highest BCUT2D eigenvalue weighted by molar-refractivity contribution is 5.92. The van der Waals surface area contributed by atoms with Gasteiger partial charge >= 0.3 is 0 Å². The van der Waals surface area contributed by atoms with Gasteiger partial charge in [0.15, 0.2) is 0 Å². The zero-order chi connectivity index (χ0) is 34.0. The molecule has 0 atom stereocenters. The Morgan fingerprint density at radius 3 is 0.882 bits per heavy atom. The monoisotopic (exact) mass is 662 g/mol. The van der Waals surface area contributed by atoms with Crippen LogP contribution in [0, 0.1) is 0 Å². The first-order valence-electron chi connectivity index (χ1n) is 17.6. The Kier molecular flexibility index (Phi) is 7.72. The third-order valence-corrected chi connectivity index (χ3v) is 11.0. The van der Waals surface area contributed by atoms with E-state index in [-0.39, 0.29) is 19.7 Å². The largest absolute Gasteiger partial charge is 0.310 e. The van der Waals surface area contributed by atoms with E-state index in [1.165, 1.54) is 55.9 Å². The molecule has 7 aromatic carbocycles. The maximum absolute atomic E-state index is 2.51. The van der Waals surface area contributed by atoms with Gasteiger partial charge in [0.2, 0.25) is 0 Å². The minimum atomic E-state index is -0.154. The summed E-state index contributed by atoms with van der Waals surface area (Å²) < 4.78 is 0. The number of benzene rings is 7. The van der Waals surface area contributed by atoms with Gasteiger partial charge in [-0.25, -0.2) is 0 Å². The normalized spacial score (nSPS) is 14.0. The van der Waals surface area contributed by atoms with E-state index in [0.29, 0.717) is 0 Å². The molecule has 0 spiro atoms. The van der Waals surface area contributed by atoms with Crippen molar-refractivity contribution in [3.63, 3.8) is 0 Å². The van der Waals surface area contributed by atoms with Crippen LogP contribution < -0.4 is 9.80 Å². The first-order valence-corrected chi connectivity index (χ1v) is 17.6. The average molecular weight is 663 g/mol. The van der Waals surface area contributed by atoms with Crippen LogP contribution in [0.25, 0.3) is 22.3 Å². The summed E-state index contributed by atoms with van der Waals surface area (Å²) in [6.45, 7) is 9.58. The molecule has 0 bridgehead atoms. The van der Waals surface area contributed by atoms with Crippen LogP contribution in [-0.4, -0.2) is 0 Å². The van der Waals surface area contributed by atoms with Gasteiger partial charge in [-0.3, -0.25) is 0 Å². The van der Waals surface area contributed by atoms with Crippen LogP contribution in [0.15, 0.2) is 170 Å². The Bertz CT molecular complexity index is 2120. The third kappa shape index (κ3) is 5.09. The fourth-order valence-electron chi connectivity index (χ4n) is 8.42. The van der Waals surface area contributed by atoms with Crippen molar-refractivity contribution in [2.24, 2.45) is 0 Å². The second-order valence-electron chi connectivity index (χ2n) is 14.7. The van der Waals surface area contributed by atoms with Crippen LogP contribution in [0.3, 0.4) is 0 Å². The number of para-hydroxylation sites is 4. The minimum Gasteiger partial charge on any atom is -0.310 e. The predicted molar refractivity (Wildman–Crippen MR) is 220 cm³/mol. The van der Waals surface area contributed by atoms with Gasteiger partial charge in [-0.15, -0.1) is 0 Å². The second kappa shape index (κ2) is 12.2. The molecule has 0 aromatic heterocycles. The van der Waals surface area contributed by atoms with Crippen LogP contribution >= 0.6 is 0 Å². The Balaban J connectivity index is 0.00000210. The van der Waals surface area contributed by atoms with E-state index >= 15 is 0 Å².